The van der Waals surface area contributed by atoms with Crippen molar-refractivity contribution < 1.29 is 22.7 Å². The molecule has 0 atom stereocenters. The van der Waals surface area contributed by atoms with Crippen LogP contribution in [0.2, 0.25) is 0 Å². The van der Waals surface area contributed by atoms with Crippen molar-refractivity contribution in [3.8, 4) is 0 Å². The lowest BCUT2D eigenvalue weighted by Crippen LogP contribution is -2.15. The number of hydrogen-bond acceptors (Lipinski definition) is 5. The molecule has 0 fully saturated rings. The van der Waals surface area contributed by atoms with Crippen LogP contribution in [0.5, 0.6) is 0 Å². The van der Waals surface area contributed by atoms with Gasteiger partial charge in [-0.25, -0.2) is 13.2 Å². The SMILES string of the molecule is CCCn1c(C)cc(C(=O)COC(=O)c2ccc(CS(C)(=O)=O)cc2)c1C. The fraction of sp³-hybridized carbons (Fsp3) is 0.400. The van der Waals surface area contributed by atoms with Gasteiger partial charge in [-0.15, -0.1) is 0 Å². The average Bonchev–Trinajstić information content (AvgIpc) is 2.87. The van der Waals surface area contributed by atoms with Crippen molar-refractivity contribution in [2.45, 2.75) is 39.5 Å². The molecule has 146 valence electrons. The first kappa shape index (κ1) is 20.9. The molecule has 0 unspecified atom stereocenters. The Hall–Kier alpha value is -2.41. The number of Topliss-reactive ketones (excluding diaryl/α,β-unsaturated/α-hetero) is 1. The van der Waals surface area contributed by atoms with Gasteiger partial charge in [0.05, 0.1) is 11.3 Å². The van der Waals surface area contributed by atoms with Crippen LogP contribution in [0.25, 0.3) is 0 Å². The highest BCUT2D eigenvalue weighted by Crippen LogP contribution is 2.17. The van der Waals surface area contributed by atoms with Gasteiger partial charge in [0.25, 0.3) is 0 Å². The Morgan fingerprint density at radius 3 is 2.30 bits per heavy atom. The van der Waals surface area contributed by atoms with Crippen LogP contribution in [0, 0.1) is 13.8 Å². The molecule has 0 saturated carbocycles. The normalized spacial score (nSPS) is 11.4. The van der Waals surface area contributed by atoms with Crippen LogP contribution < -0.4 is 0 Å². The molecule has 0 aliphatic heterocycles. The highest BCUT2D eigenvalue weighted by molar-refractivity contribution is 7.89. The number of aryl methyl sites for hydroxylation is 1. The van der Waals surface area contributed by atoms with Gasteiger partial charge in [0.1, 0.15) is 0 Å². The maximum absolute atomic E-state index is 12.4. The lowest BCUT2D eigenvalue weighted by Gasteiger charge is -2.08. The maximum atomic E-state index is 12.4. The number of ether oxygens (including phenoxy) is 1. The van der Waals surface area contributed by atoms with E-state index in [1.165, 1.54) is 12.1 Å². The molecule has 0 bridgehead atoms. The molecule has 1 aromatic carbocycles. The first-order chi connectivity index (χ1) is 12.6. The molecule has 27 heavy (non-hydrogen) atoms. The van der Waals surface area contributed by atoms with Gasteiger partial charge in [0.15, 0.2) is 16.4 Å². The lowest BCUT2D eigenvalue weighted by atomic mass is 10.1. The molecule has 7 heteroatoms. The molecule has 2 aromatic rings. The van der Waals surface area contributed by atoms with Crippen LogP contribution >= 0.6 is 0 Å². The van der Waals surface area contributed by atoms with Gasteiger partial charge in [0.2, 0.25) is 5.78 Å². The average molecular weight is 391 g/mol. The molecule has 0 aliphatic rings. The summed E-state index contributed by atoms with van der Waals surface area (Å²) in [6.45, 7) is 6.41. The Labute approximate surface area is 160 Å². The number of esters is 1. The summed E-state index contributed by atoms with van der Waals surface area (Å²) in [5.74, 6) is -0.946. The molecule has 1 heterocycles. The third-order valence-corrected chi connectivity index (χ3v) is 5.13. The molecule has 0 aliphatic carbocycles. The Bertz CT molecular complexity index is 939. The predicted octanol–water partition coefficient (Wildman–Crippen LogP) is 3.10. The van der Waals surface area contributed by atoms with Crippen molar-refractivity contribution >= 4 is 21.6 Å². The van der Waals surface area contributed by atoms with Crippen molar-refractivity contribution in [1.82, 2.24) is 4.57 Å². The standard InChI is InChI=1S/C20H25NO5S/c1-5-10-21-14(2)11-18(15(21)3)19(22)12-26-20(23)17-8-6-16(7-9-17)13-27(4,24)25/h6-9,11H,5,10,12-13H2,1-4H3. The summed E-state index contributed by atoms with van der Waals surface area (Å²) in [6.07, 6.45) is 2.12. The number of ketones is 1. The number of rotatable bonds is 8. The van der Waals surface area contributed by atoms with Crippen LogP contribution in [0.1, 0.15) is 51.0 Å². The van der Waals surface area contributed by atoms with Gasteiger partial charge in [-0.1, -0.05) is 19.1 Å². The zero-order valence-electron chi connectivity index (χ0n) is 16.1. The molecule has 6 nitrogen and oxygen atoms in total. The van der Waals surface area contributed by atoms with E-state index in [0.29, 0.717) is 11.1 Å². The van der Waals surface area contributed by atoms with Gasteiger partial charge < -0.3 is 9.30 Å². The third-order valence-electron chi connectivity index (χ3n) is 4.27. The fourth-order valence-corrected chi connectivity index (χ4v) is 3.78. The Balaban J connectivity index is 2.01. The lowest BCUT2D eigenvalue weighted by molar-refractivity contribution is 0.0474. The molecule has 2 rings (SSSR count). The van der Waals surface area contributed by atoms with Crippen molar-refractivity contribution in [3.05, 3.63) is 58.4 Å². The van der Waals surface area contributed by atoms with Crippen LogP contribution in [0.15, 0.2) is 30.3 Å². The number of nitrogens with zero attached hydrogens (tertiary/aromatic N) is 1. The summed E-state index contributed by atoms with van der Waals surface area (Å²) in [5.41, 5.74) is 3.31. The van der Waals surface area contributed by atoms with Crippen LogP contribution in [0.4, 0.5) is 0 Å². The summed E-state index contributed by atoms with van der Waals surface area (Å²) in [5, 5.41) is 0. The first-order valence-corrected chi connectivity index (χ1v) is 10.8. The van der Waals surface area contributed by atoms with Crippen molar-refractivity contribution in [1.29, 1.82) is 0 Å². The van der Waals surface area contributed by atoms with E-state index in [1.54, 1.807) is 12.1 Å². The minimum absolute atomic E-state index is 0.0891. The van der Waals surface area contributed by atoms with E-state index in [0.717, 1.165) is 30.6 Å². The van der Waals surface area contributed by atoms with Crippen LogP contribution in [0.3, 0.4) is 0 Å². The van der Waals surface area contributed by atoms with Crippen LogP contribution in [-0.2, 0) is 26.9 Å². The zero-order valence-corrected chi connectivity index (χ0v) is 16.9. The van der Waals surface area contributed by atoms with Crippen LogP contribution in [-0.4, -0.2) is 37.6 Å². The van der Waals surface area contributed by atoms with E-state index in [2.05, 4.69) is 11.5 Å². The van der Waals surface area contributed by atoms with E-state index in [9.17, 15) is 18.0 Å². The summed E-state index contributed by atoms with van der Waals surface area (Å²) >= 11 is 0. The minimum Gasteiger partial charge on any atom is -0.454 e. The molecular weight excluding hydrogens is 366 g/mol. The number of hydrogen-bond donors (Lipinski definition) is 0. The third kappa shape index (κ3) is 5.53. The predicted molar refractivity (Wildman–Crippen MR) is 104 cm³/mol. The van der Waals surface area contributed by atoms with Crippen molar-refractivity contribution in [3.63, 3.8) is 0 Å². The second kappa shape index (κ2) is 8.52. The monoisotopic (exact) mass is 391 g/mol. The topological polar surface area (TPSA) is 82.4 Å². The number of carbonyl (C=O) groups excluding carboxylic acids is 2. The summed E-state index contributed by atoms with van der Waals surface area (Å²) in [4.78, 5) is 24.6. The fourth-order valence-electron chi connectivity index (χ4n) is 2.98. The number of aromatic nitrogens is 1. The molecule has 1 aromatic heterocycles. The molecule has 0 spiro atoms. The highest BCUT2D eigenvalue weighted by Gasteiger charge is 2.17. The molecule has 0 radical (unpaired) electrons. The van der Waals surface area contributed by atoms with Gasteiger partial charge in [-0.2, -0.15) is 0 Å². The van der Waals surface area contributed by atoms with Crippen molar-refractivity contribution in [2.75, 3.05) is 12.9 Å². The van der Waals surface area contributed by atoms with Crippen molar-refractivity contribution in [2.24, 2.45) is 0 Å². The second-order valence-electron chi connectivity index (χ2n) is 6.70. The summed E-state index contributed by atoms with van der Waals surface area (Å²) in [6, 6.07) is 7.96. The number of sulfone groups is 1. The molecular formula is C20H25NO5S. The van der Waals surface area contributed by atoms with Gasteiger partial charge in [-0.3, -0.25) is 4.79 Å². The van der Waals surface area contributed by atoms with Gasteiger partial charge in [-0.05, 0) is 44.0 Å². The van der Waals surface area contributed by atoms with E-state index >= 15 is 0 Å². The Morgan fingerprint density at radius 2 is 1.74 bits per heavy atom. The van der Waals surface area contributed by atoms with E-state index in [1.807, 2.05) is 19.9 Å². The maximum Gasteiger partial charge on any atom is 0.338 e. The largest absolute Gasteiger partial charge is 0.454 e. The Morgan fingerprint density at radius 1 is 1.11 bits per heavy atom. The first-order valence-electron chi connectivity index (χ1n) is 8.76. The van der Waals surface area contributed by atoms with Gasteiger partial charge in [0, 0.05) is 29.8 Å². The number of benzene rings is 1. The Kier molecular flexibility index (Phi) is 6.59. The molecule has 0 N–H and O–H groups in total. The highest BCUT2D eigenvalue weighted by atomic mass is 32.2. The van der Waals surface area contributed by atoms with E-state index < -0.39 is 15.8 Å². The smallest absolute Gasteiger partial charge is 0.338 e. The second-order valence-corrected chi connectivity index (χ2v) is 8.84. The summed E-state index contributed by atoms with van der Waals surface area (Å²) < 4.78 is 29.8. The number of carbonyl (C=O) groups is 2. The van der Waals surface area contributed by atoms with E-state index in [4.69, 9.17) is 4.74 Å². The zero-order chi connectivity index (χ0) is 20.2. The van der Waals surface area contributed by atoms with Gasteiger partial charge >= 0.3 is 5.97 Å². The minimum atomic E-state index is -3.14. The van der Waals surface area contributed by atoms with E-state index in [-0.39, 0.29) is 23.7 Å². The summed E-state index contributed by atoms with van der Waals surface area (Å²) in [7, 11) is -3.14. The quantitative estimate of drug-likeness (QED) is 0.510. The molecule has 0 amide bonds. The molecule has 0 saturated heterocycles.